The number of anilines is 1. The van der Waals surface area contributed by atoms with Gasteiger partial charge in [0.2, 0.25) is 17.8 Å². The third-order valence-electron chi connectivity index (χ3n) is 5.84. The summed E-state index contributed by atoms with van der Waals surface area (Å²) in [5.74, 6) is 0.580. The van der Waals surface area contributed by atoms with Gasteiger partial charge >= 0.3 is 0 Å². The lowest BCUT2D eigenvalue weighted by atomic mass is 10.00. The Kier molecular flexibility index (Phi) is 6.41. The highest BCUT2D eigenvalue weighted by Crippen LogP contribution is 2.29. The van der Waals surface area contributed by atoms with Gasteiger partial charge in [-0.1, -0.05) is 0 Å². The fourth-order valence-corrected chi connectivity index (χ4v) is 4.15. The molecule has 0 saturated carbocycles. The highest BCUT2D eigenvalue weighted by molar-refractivity contribution is 5.78. The molecule has 164 valence electrons. The Hall–Kier alpha value is -3.07. The first kappa shape index (κ1) is 21.2. The molecule has 4 heterocycles. The second kappa shape index (κ2) is 9.38. The number of carbonyl (C=O) groups excluding carboxylic acids is 2. The first-order valence-electron chi connectivity index (χ1n) is 10.7. The number of carbonyl (C=O) groups is 2. The second-order valence-corrected chi connectivity index (χ2v) is 8.11. The van der Waals surface area contributed by atoms with Gasteiger partial charge in [-0.2, -0.15) is 0 Å². The van der Waals surface area contributed by atoms with Crippen LogP contribution in [-0.4, -0.2) is 76.0 Å². The van der Waals surface area contributed by atoms with Crippen LogP contribution in [0, 0.1) is 6.92 Å². The maximum Gasteiger partial charge on any atom is 0.248 e. The number of hydrogen-bond acceptors (Lipinski definition) is 7. The van der Waals surface area contributed by atoms with Crippen molar-refractivity contribution in [2.75, 3.05) is 45.1 Å². The van der Waals surface area contributed by atoms with Crippen LogP contribution in [0.3, 0.4) is 0 Å². The average Bonchev–Trinajstić information content (AvgIpc) is 3.41. The van der Waals surface area contributed by atoms with Crippen molar-refractivity contribution in [3.8, 4) is 11.1 Å². The van der Waals surface area contributed by atoms with Crippen LogP contribution in [0.1, 0.15) is 36.6 Å². The average molecular weight is 425 g/mol. The van der Waals surface area contributed by atoms with Crippen molar-refractivity contribution in [3.05, 3.63) is 35.9 Å². The Morgan fingerprint density at radius 3 is 2.77 bits per heavy atom. The molecule has 9 heteroatoms. The Labute approximate surface area is 181 Å². The Balaban J connectivity index is 1.31. The monoisotopic (exact) mass is 424 g/mol. The molecule has 0 spiro atoms. The van der Waals surface area contributed by atoms with Crippen LogP contribution in [0.2, 0.25) is 0 Å². The molecule has 4 rings (SSSR count). The lowest BCUT2D eigenvalue weighted by Gasteiger charge is -2.18. The van der Waals surface area contributed by atoms with Gasteiger partial charge in [0.05, 0.1) is 6.61 Å². The summed E-state index contributed by atoms with van der Waals surface area (Å²) >= 11 is 0. The molecule has 2 aromatic rings. The molecular weight excluding hydrogens is 396 g/mol. The fourth-order valence-electron chi connectivity index (χ4n) is 4.15. The number of nitrogens with two attached hydrogens (primary N) is 1. The largest absolute Gasteiger partial charge is 0.370 e. The summed E-state index contributed by atoms with van der Waals surface area (Å²) in [5.41, 5.74) is 9.35. The SMILES string of the molecule is Cc1cc(-c2cnc(N)nc2)cc([C@H]2CCN(C(=O)COCCN3CCCC3=O)C2)n1. The number of ether oxygens (including phenoxy) is 1. The van der Waals surface area contributed by atoms with Crippen molar-refractivity contribution >= 4 is 17.8 Å². The van der Waals surface area contributed by atoms with Crippen molar-refractivity contribution in [3.63, 3.8) is 0 Å². The van der Waals surface area contributed by atoms with Gasteiger partial charge in [0.1, 0.15) is 6.61 Å². The Morgan fingerprint density at radius 2 is 2.03 bits per heavy atom. The van der Waals surface area contributed by atoms with Gasteiger partial charge in [-0.25, -0.2) is 9.97 Å². The lowest BCUT2D eigenvalue weighted by Crippen LogP contribution is -2.34. The zero-order valence-corrected chi connectivity index (χ0v) is 17.8. The number of nitrogen functional groups attached to an aromatic ring is 1. The van der Waals surface area contributed by atoms with Crippen LogP contribution in [0.4, 0.5) is 5.95 Å². The van der Waals surface area contributed by atoms with E-state index in [1.54, 1.807) is 17.3 Å². The van der Waals surface area contributed by atoms with Crippen LogP contribution >= 0.6 is 0 Å². The summed E-state index contributed by atoms with van der Waals surface area (Å²) in [5, 5.41) is 0. The quantitative estimate of drug-likeness (QED) is 0.668. The molecule has 2 aromatic heterocycles. The second-order valence-electron chi connectivity index (χ2n) is 8.11. The number of amides is 2. The molecule has 31 heavy (non-hydrogen) atoms. The van der Waals surface area contributed by atoms with E-state index in [9.17, 15) is 9.59 Å². The zero-order chi connectivity index (χ0) is 21.8. The minimum atomic E-state index is -0.0185. The van der Waals surface area contributed by atoms with Crippen LogP contribution in [0.5, 0.6) is 0 Å². The number of likely N-dealkylation sites (tertiary alicyclic amines) is 2. The van der Waals surface area contributed by atoms with E-state index in [2.05, 4.69) is 9.97 Å². The summed E-state index contributed by atoms with van der Waals surface area (Å²) in [7, 11) is 0. The van der Waals surface area contributed by atoms with Crippen molar-refractivity contribution in [2.45, 2.75) is 32.1 Å². The first-order valence-corrected chi connectivity index (χ1v) is 10.7. The van der Waals surface area contributed by atoms with Crippen LogP contribution < -0.4 is 5.73 Å². The molecule has 2 fully saturated rings. The lowest BCUT2D eigenvalue weighted by molar-refractivity contribution is -0.135. The number of pyridine rings is 1. The van der Waals surface area contributed by atoms with Crippen LogP contribution in [0.15, 0.2) is 24.5 Å². The Morgan fingerprint density at radius 1 is 1.23 bits per heavy atom. The summed E-state index contributed by atoms with van der Waals surface area (Å²) in [6.45, 7) is 5.05. The standard InChI is InChI=1S/C22H28N6O3/c1-15-9-17(18-11-24-22(23)25-12-18)10-19(26-15)16-4-6-28(13-16)21(30)14-31-8-7-27-5-2-3-20(27)29/h9-12,16H,2-8,13-14H2,1H3,(H2,23,24,25)/t16-/m0/s1. The smallest absolute Gasteiger partial charge is 0.248 e. The molecule has 2 saturated heterocycles. The van der Waals surface area contributed by atoms with Gasteiger partial charge in [0.15, 0.2) is 0 Å². The van der Waals surface area contributed by atoms with Crippen molar-refractivity contribution in [1.29, 1.82) is 0 Å². The maximum absolute atomic E-state index is 12.5. The summed E-state index contributed by atoms with van der Waals surface area (Å²) in [6.07, 6.45) is 5.81. The van der Waals surface area contributed by atoms with Gasteiger partial charge in [-0.15, -0.1) is 0 Å². The van der Waals surface area contributed by atoms with Gasteiger partial charge in [-0.05, 0) is 37.5 Å². The molecule has 2 aliphatic rings. The summed E-state index contributed by atoms with van der Waals surface area (Å²) in [4.78, 5) is 40.6. The minimum absolute atomic E-state index is 0.0185. The molecule has 2 amide bonds. The predicted molar refractivity (Wildman–Crippen MR) is 115 cm³/mol. The van der Waals surface area contributed by atoms with Gasteiger partial charge in [0, 0.05) is 67.9 Å². The number of rotatable bonds is 7. The molecule has 0 radical (unpaired) electrons. The third-order valence-corrected chi connectivity index (χ3v) is 5.84. The molecule has 2 aliphatic heterocycles. The molecule has 2 N–H and O–H groups in total. The molecular formula is C22H28N6O3. The van der Waals surface area contributed by atoms with E-state index in [0.717, 1.165) is 41.9 Å². The van der Waals surface area contributed by atoms with Crippen molar-refractivity contribution < 1.29 is 14.3 Å². The molecule has 0 aliphatic carbocycles. The van der Waals surface area contributed by atoms with Gasteiger partial charge < -0.3 is 20.3 Å². The number of hydrogen-bond donors (Lipinski definition) is 1. The summed E-state index contributed by atoms with van der Waals surface area (Å²) < 4.78 is 5.54. The minimum Gasteiger partial charge on any atom is -0.370 e. The highest BCUT2D eigenvalue weighted by Gasteiger charge is 2.28. The number of nitrogens with zero attached hydrogens (tertiary/aromatic N) is 5. The molecule has 0 unspecified atom stereocenters. The number of aryl methyl sites for hydroxylation is 1. The van der Waals surface area contributed by atoms with E-state index in [1.165, 1.54) is 0 Å². The first-order chi connectivity index (χ1) is 15.0. The van der Waals surface area contributed by atoms with E-state index in [0.29, 0.717) is 32.7 Å². The highest BCUT2D eigenvalue weighted by atomic mass is 16.5. The van der Waals surface area contributed by atoms with E-state index < -0.39 is 0 Å². The van der Waals surface area contributed by atoms with E-state index in [-0.39, 0.29) is 30.3 Å². The van der Waals surface area contributed by atoms with Crippen LogP contribution in [0.25, 0.3) is 11.1 Å². The van der Waals surface area contributed by atoms with Crippen molar-refractivity contribution in [2.24, 2.45) is 0 Å². The topological polar surface area (TPSA) is 115 Å². The predicted octanol–water partition coefficient (Wildman–Crippen LogP) is 1.38. The van der Waals surface area contributed by atoms with Crippen LogP contribution in [-0.2, 0) is 14.3 Å². The fraction of sp³-hybridized carbons (Fsp3) is 0.500. The summed E-state index contributed by atoms with van der Waals surface area (Å²) in [6, 6.07) is 4.04. The number of aromatic nitrogens is 3. The van der Waals surface area contributed by atoms with Gasteiger partial charge in [0.25, 0.3) is 0 Å². The molecule has 9 nitrogen and oxygen atoms in total. The third kappa shape index (κ3) is 5.16. The molecule has 0 bridgehead atoms. The van der Waals surface area contributed by atoms with E-state index in [1.807, 2.05) is 24.0 Å². The van der Waals surface area contributed by atoms with E-state index in [4.69, 9.17) is 15.5 Å². The normalized spacial score (nSPS) is 18.7. The van der Waals surface area contributed by atoms with Crippen molar-refractivity contribution in [1.82, 2.24) is 24.8 Å². The van der Waals surface area contributed by atoms with Gasteiger partial charge in [-0.3, -0.25) is 14.6 Å². The zero-order valence-electron chi connectivity index (χ0n) is 17.8. The molecule has 1 atom stereocenters. The Bertz CT molecular complexity index is 949. The van der Waals surface area contributed by atoms with E-state index >= 15 is 0 Å². The molecule has 0 aromatic carbocycles. The maximum atomic E-state index is 12.5.